The molecule has 3 heteroatoms. The van der Waals surface area contributed by atoms with Crippen LogP contribution >= 0.6 is 11.8 Å². The lowest BCUT2D eigenvalue weighted by atomic mass is 10.4. The van der Waals surface area contributed by atoms with Crippen LogP contribution in [0.2, 0.25) is 0 Å². The van der Waals surface area contributed by atoms with E-state index in [1.807, 2.05) is 24.9 Å². The number of benzene rings is 1. The number of hydrogen-bond acceptors (Lipinski definition) is 3. The van der Waals surface area contributed by atoms with Gasteiger partial charge in [-0.05, 0) is 25.6 Å². The fourth-order valence-corrected chi connectivity index (χ4v) is 2.30. The number of ether oxygens (including phenoxy) is 1. The van der Waals surface area contributed by atoms with Gasteiger partial charge in [0.1, 0.15) is 0 Å². The Kier molecular flexibility index (Phi) is 7.30. The van der Waals surface area contributed by atoms with Crippen molar-refractivity contribution in [1.29, 1.82) is 0 Å². The minimum Gasteiger partial charge on any atom is -0.380 e. The summed E-state index contributed by atoms with van der Waals surface area (Å²) < 4.78 is 5.55. The number of hydrogen-bond donors (Lipinski definition) is 1. The zero-order valence-electron chi connectivity index (χ0n) is 10.1. The Morgan fingerprint density at radius 3 is 2.69 bits per heavy atom. The van der Waals surface area contributed by atoms with Crippen molar-refractivity contribution in [3.63, 3.8) is 0 Å². The third-order valence-electron chi connectivity index (χ3n) is 2.27. The lowest BCUT2D eigenvalue weighted by molar-refractivity contribution is 0.119. The van der Waals surface area contributed by atoms with Crippen LogP contribution in [0.25, 0.3) is 0 Å². The molecule has 2 nitrogen and oxygen atoms in total. The Morgan fingerprint density at radius 2 is 2.06 bits per heavy atom. The summed E-state index contributed by atoms with van der Waals surface area (Å²) in [6.07, 6.45) is 1.09. The van der Waals surface area contributed by atoms with Crippen LogP contribution in [0.4, 0.5) is 0 Å². The van der Waals surface area contributed by atoms with Gasteiger partial charge in [0.25, 0.3) is 0 Å². The lowest BCUT2D eigenvalue weighted by Crippen LogP contribution is -2.32. The van der Waals surface area contributed by atoms with E-state index in [0.717, 1.165) is 25.4 Å². The predicted molar refractivity (Wildman–Crippen MR) is 71.1 cm³/mol. The molecule has 1 aromatic carbocycles. The van der Waals surface area contributed by atoms with E-state index in [4.69, 9.17) is 4.74 Å². The SMILES string of the molecule is CCCOCC(CSc1ccccc1)NC. The van der Waals surface area contributed by atoms with Crippen LogP contribution in [-0.4, -0.2) is 32.1 Å². The van der Waals surface area contributed by atoms with Crippen LogP contribution in [-0.2, 0) is 4.74 Å². The summed E-state index contributed by atoms with van der Waals surface area (Å²) in [4.78, 5) is 1.32. The highest BCUT2D eigenvalue weighted by Crippen LogP contribution is 2.17. The summed E-state index contributed by atoms with van der Waals surface area (Å²) >= 11 is 1.87. The first-order chi connectivity index (χ1) is 7.86. The molecule has 16 heavy (non-hydrogen) atoms. The highest BCUT2D eigenvalue weighted by atomic mass is 32.2. The molecule has 1 atom stereocenters. The maximum Gasteiger partial charge on any atom is 0.0627 e. The van der Waals surface area contributed by atoms with Crippen LogP contribution in [0.1, 0.15) is 13.3 Å². The zero-order valence-corrected chi connectivity index (χ0v) is 10.9. The van der Waals surface area contributed by atoms with Gasteiger partial charge in [-0.3, -0.25) is 0 Å². The third kappa shape index (κ3) is 5.54. The van der Waals surface area contributed by atoms with Crippen LogP contribution in [0.3, 0.4) is 0 Å². The molecule has 1 rings (SSSR count). The predicted octanol–water partition coefficient (Wildman–Crippen LogP) is 2.79. The van der Waals surface area contributed by atoms with Gasteiger partial charge in [0.2, 0.25) is 0 Å². The number of likely N-dealkylation sites (N-methyl/N-ethyl adjacent to an activating group) is 1. The summed E-state index contributed by atoms with van der Waals surface area (Å²) in [7, 11) is 1.99. The molecular formula is C13H21NOS. The Bertz CT molecular complexity index is 266. The summed E-state index contributed by atoms with van der Waals surface area (Å²) in [6.45, 7) is 3.78. The average Bonchev–Trinajstić information content (AvgIpc) is 2.35. The molecule has 90 valence electrons. The second kappa shape index (κ2) is 8.62. The van der Waals surface area contributed by atoms with E-state index < -0.39 is 0 Å². The molecular weight excluding hydrogens is 218 g/mol. The van der Waals surface area contributed by atoms with Crippen molar-refractivity contribution >= 4 is 11.8 Å². The molecule has 0 bridgehead atoms. The minimum absolute atomic E-state index is 0.428. The van der Waals surface area contributed by atoms with Crippen LogP contribution < -0.4 is 5.32 Å². The molecule has 0 aliphatic rings. The molecule has 0 aromatic heterocycles. The van der Waals surface area contributed by atoms with E-state index in [-0.39, 0.29) is 0 Å². The van der Waals surface area contributed by atoms with Crippen molar-refractivity contribution in [1.82, 2.24) is 5.32 Å². The molecule has 0 fully saturated rings. The molecule has 1 N–H and O–H groups in total. The molecule has 1 unspecified atom stereocenters. The van der Waals surface area contributed by atoms with E-state index in [2.05, 4.69) is 36.5 Å². The smallest absolute Gasteiger partial charge is 0.0627 e. The fourth-order valence-electron chi connectivity index (χ4n) is 1.30. The van der Waals surface area contributed by atoms with Gasteiger partial charge >= 0.3 is 0 Å². The molecule has 0 amide bonds. The zero-order chi connectivity index (χ0) is 11.6. The van der Waals surface area contributed by atoms with Gasteiger partial charge in [-0.1, -0.05) is 25.1 Å². The highest BCUT2D eigenvalue weighted by Gasteiger charge is 2.06. The monoisotopic (exact) mass is 239 g/mol. The molecule has 1 aromatic rings. The fraction of sp³-hybridized carbons (Fsp3) is 0.538. The summed E-state index contributed by atoms with van der Waals surface area (Å²) in [5.74, 6) is 1.05. The molecule has 0 aliphatic heterocycles. The van der Waals surface area contributed by atoms with Crippen LogP contribution in [0.15, 0.2) is 35.2 Å². The van der Waals surface area contributed by atoms with Gasteiger partial charge in [-0.2, -0.15) is 0 Å². The normalized spacial score (nSPS) is 12.6. The maximum atomic E-state index is 5.55. The van der Waals surface area contributed by atoms with Crippen molar-refractivity contribution in [2.45, 2.75) is 24.3 Å². The van der Waals surface area contributed by atoms with E-state index in [9.17, 15) is 0 Å². The van der Waals surface area contributed by atoms with Crippen molar-refractivity contribution in [3.8, 4) is 0 Å². The Labute approximate surface area is 103 Å². The second-order valence-electron chi connectivity index (χ2n) is 3.68. The molecule has 0 saturated carbocycles. The molecule has 0 heterocycles. The van der Waals surface area contributed by atoms with Gasteiger partial charge in [-0.25, -0.2) is 0 Å². The number of thioether (sulfide) groups is 1. The third-order valence-corrected chi connectivity index (χ3v) is 3.44. The minimum atomic E-state index is 0.428. The summed E-state index contributed by atoms with van der Waals surface area (Å²) in [5.41, 5.74) is 0. The first-order valence-corrected chi connectivity index (χ1v) is 6.78. The van der Waals surface area contributed by atoms with Crippen molar-refractivity contribution in [2.75, 3.05) is 26.0 Å². The van der Waals surface area contributed by atoms with Gasteiger partial charge in [0.15, 0.2) is 0 Å². The van der Waals surface area contributed by atoms with Gasteiger partial charge in [0, 0.05) is 23.3 Å². The topological polar surface area (TPSA) is 21.3 Å². The second-order valence-corrected chi connectivity index (χ2v) is 4.78. The Morgan fingerprint density at radius 1 is 1.31 bits per heavy atom. The van der Waals surface area contributed by atoms with E-state index in [1.165, 1.54) is 4.90 Å². The summed E-state index contributed by atoms with van der Waals surface area (Å²) in [5, 5.41) is 3.29. The van der Waals surface area contributed by atoms with Gasteiger partial charge < -0.3 is 10.1 Å². The first kappa shape index (κ1) is 13.6. The van der Waals surface area contributed by atoms with E-state index in [0.29, 0.717) is 6.04 Å². The molecule has 0 saturated heterocycles. The van der Waals surface area contributed by atoms with E-state index in [1.54, 1.807) is 0 Å². The standard InChI is InChI=1S/C13H21NOS/c1-3-9-15-10-12(14-2)11-16-13-7-5-4-6-8-13/h4-8,12,14H,3,9-11H2,1-2H3. The molecule has 0 aliphatic carbocycles. The first-order valence-electron chi connectivity index (χ1n) is 5.79. The van der Waals surface area contributed by atoms with Crippen molar-refractivity contribution in [3.05, 3.63) is 30.3 Å². The van der Waals surface area contributed by atoms with Crippen LogP contribution in [0.5, 0.6) is 0 Å². The highest BCUT2D eigenvalue weighted by molar-refractivity contribution is 7.99. The van der Waals surface area contributed by atoms with Gasteiger partial charge in [-0.15, -0.1) is 11.8 Å². The van der Waals surface area contributed by atoms with Crippen molar-refractivity contribution < 1.29 is 4.74 Å². The number of rotatable bonds is 8. The quantitative estimate of drug-likeness (QED) is 0.557. The average molecular weight is 239 g/mol. The van der Waals surface area contributed by atoms with E-state index >= 15 is 0 Å². The number of nitrogens with one attached hydrogen (secondary N) is 1. The molecule has 0 radical (unpaired) electrons. The summed E-state index contributed by atoms with van der Waals surface area (Å²) in [6, 6.07) is 10.9. The van der Waals surface area contributed by atoms with Gasteiger partial charge in [0.05, 0.1) is 6.61 Å². The Balaban J connectivity index is 2.23. The van der Waals surface area contributed by atoms with Crippen molar-refractivity contribution in [2.24, 2.45) is 0 Å². The lowest BCUT2D eigenvalue weighted by Gasteiger charge is -2.15. The largest absolute Gasteiger partial charge is 0.380 e. The maximum absolute atomic E-state index is 5.55. The van der Waals surface area contributed by atoms with Crippen LogP contribution in [0, 0.1) is 0 Å². The Hall–Kier alpha value is -0.510. The molecule has 0 spiro atoms.